The molecule has 0 aliphatic rings. The van der Waals surface area contributed by atoms with Gasteiger partial charge in [0.25, 0.3) is 5.03 Å². The van der Waals surface area contributed by atoms with Crippen molar-refractivity contribution in [2.45, 2.75) is 25.4 Å². The molecule has 26 heavy (non-hydrogen) atoms. The third kappa shape index (κ3) is 3.96. The number of benzene rings is 1. The molecule has 0 bridgehead atoms. The zero-order chi connectivity index (χ0) is 18.7. The van der Waals surface area contributed by atoms with Crippen LogP contribution in [0.15, 0.2) is 59.8 Å². The van der Waals surface area contributed by atoms with Crippen molar-refractivity contribution in [3.8, 4) is 0 Å². The third-order valence-corrected chi connectivity index (χ3v) is 5.29. The molecular weight excluding hydrogens is 351 g/mol. The van der Waals surface area contributed by atoms with Crippen molar-refractivity contribution < 1.29 is 13.9 Å². The molecule has 0 radical (unpaired) electrons. The Labute approximate surface area is 155 Å². The Morgan fingerprint density at radius 1 is 1.19 bits per heavy atom. The van der Waals surface area contributed by atoms with Crippen molar-refractivity contribution in [3.05, 3.63) is 88.3 Å². The number of hydrogen-bond donors (Lipinski definition) is 0. The van der Waals surface area contributed by atoms with E-state index in [1.54, 1.807) is 30.3 Å². The SMILES string of the molecule is Cc1cc(C(=O)CSc2cccc[n+]2[O-])c(C)n1Cc1ccc(F)cc1. The van der Waals surface area contributed by atoms with Gasteiger partial charge in [-0.3, -0.25) is 4.79 Å². The fourth-order valence-corrected chi connectivity index (χ4v) is 3.64. The fourth-order valence-electron chi connectivity index (χ4n) is 2.84. The molecule has 2 heterocycles. The number of carbonyl (C=O) groups excluding carboxylic acids is 1. The molecule has 0 aliphatic heterocycles. The van der Waals surface area contributed by atoms with E-state index in [0.29, 0.717) is 17.1 Å². The van der Waals surface area contributed by atoms with Crippen LogP contribution in [0.25, 0.3) is 0 Å². The second-order valence-corrected chi connectivity index (χ2v) is 7.07. The maximum atomic E-state index is 13.1. The largest absolute Gasteiger partial charge is 0.618 e. The lowest BCUT2D eigenvalue weighted by Gasteiger charge is -2.10. The summed E-state index contributed by atoms with van der Waals surface area (Å²) in [6.45, 7) is 4.44. The van der Waals surface area contributed by atoms with E-state index in [1.165, 1.54) is 30.1 Å². The minimum atomic E-state index is -0.265. The molecule has 2 aromatic heterocycles. The van der Waals surface area contributed by atoms with Crippen LogP contribution in [-0.4, -0.2) is 16.1 Å². The van der Waals surface area contributed by atoms with E-state index >= 15 is 0 Å². The topological polar surface area (TPSA) is 48.9 Å². The third-order valence-electron chi connectivity index (χ3n) is 4.27. The standard InChI is InChI=1S/C20H19FN2O2S/c1-14-11-18(19(24)13-26-20-5-3-4-10-23(20)25)15(2)22(14)12-16-6-8-17(21)9-7-16/h3-11H,12-13H2,1-2H3. The first-order valence-corrected chi connectivity index (χ1v) is 9.19. The Morgan fingerprint density at radius 3 is 2.62 bits per heavy atom. The van der Waals surface area contributed by atoms with Crippen LogP contribution in [-0.2, 0) is 6.54 Å². The van der Waals surface area contributed by atoms with Gasteiger partial charge in [-0.1, -0.05) is 12.1 Å². The van der Waals surface area contributed by atoms with Crippen molar-refractivity contribution in [3.63, 3.8) is 0 Å². The minimum absolute atomic E-state index is 0.0164. The monoisotopic (exact) mass is 370 g/mol. The number of thioether (sulfide) groups is 1. The van der Waals surface area contributed by atoms with Crippen LogP contribution in [0.3, 0.4) is 0 Å². The normalized spacial score (nSPS) is 10.9. The molecule has 1 aromatic carbocycles. The van der Waals surface area contributed by atoms with Gasteiger partial charge in [0.05, 0.1) is 5.75 Å². The molecule has 0 fully saturated rings. The molecule has 0 atom stereocenters. The maximum absolute atomic E-state index is 13.1. The van der Waals surface area contributed by atoms with Gasteiger partial charge in [0.2, 0.25) is 0 Å². The van der Waals surface area contributed by atoms with Gasteiger partial charge >= 0.3 is 0 Å². The van der Waals surface area contributed by atoms with E-state index in [-0.39, 0.29) is 17.4 Å². The molecule has 3 aromatic rings. The van der Waals surface area contributed by atoms with Crippen LogP contribution in [0.2, 0.25) is 0 Å². The smallest absolute Gasteiger partial charge is 0.251 e. The first kappa shape index (κ1) is 18.2. The predicted molar refractivity (Wildman–Crippen MR) is 99.9 cm³/mol. The summed E-state index contributed by atoms with van der Waals surface area (Å²) in [5, 5.41) is 12.2. The number of rotatable bonds is 6. The second-order valence-electron chi connectivity index (χ2n) is 6.07. The van der Waals surface area contributed by atoms with Crippen LogP contribution in [0.5, 0.6) is 0 Å². The lowest BCUT2D eigenvalue weighted by atomic mass is 10.2. The van der Waals surface area contributed by atoms with Crippen molar-refractivity contribution in [2.75, 3.05) is 5.75 Å². The Kier molecular flexibility index (Phi) is 5.42. The van der Waals surface area contributed by atoms with E-state index < -0.39 is 0 Å². The summed E-state index contributed by atoms with van der Waals surface area (Å²) >= 11 is 1.23. The van der Waals surface area contributed by atoms with Gasteiger partial charge in [-0.25, -0.2) is 4.39 Å². The number of ketones is 1. The summed E-state index contributed by atoms with van der Waals surface area (Å²) in [5.41, 5.74) is 3.48. The van der Waals surface area contributed by atoms with Crippen molar-refractivity contribution in [1.82, 2.24) is 4.57 Å². The lowest BCUT2D eigenvalue weighted by Crippen LogP contribution is -2.28. The first-order chi connectivity index (χ1) is 12.5. The first-order valence-electron chi connectivity index (χ1n) is 8.21. The quantitative estimate of drug-likeness (QED) is 0.286. The molecule has 6 heteroatoms. The summed E-state index contributed by atoms with van der Waals surface area (Å²) in [5.74, 6) is -0.0796. The zero-order valence-electron chi connectivity index (χ0n) is 14.6. The van der Waals surface area contributed by atoms with Crippen LogP contribution >= 0.6 is 11.8 Å². The molecule has 3 rings (SSSR count). The highest BCUT2D eigenvalue weighted by atomic mass is 32.2. The van der Waals surface area contributed by atoms with Gasteiger partial charge < -0.3 is 9.77 Å². The average Bonchev–Trinajstić information content (AvgIpc) is 2.91. The maximum Gasteiger partial charge on any atom is 0.251 e. The van der Waals surface area contributed by atoms with Crippen molar-refractivity contribution >= 4 is 17.5 Å². The van der Waals surface area contributed by atoms with Crippen LogP contribution < -0.4 is 4.73 Å². The Bertz CT molecular complexity index is 935. The molecular formula is C20H19FN2O2S. The van der Waals surface area contributed by atoms with Crippen LogP contribution in [0.1, 0.15) is 27.3 Å². The summed E-state index contributed by atoms with van der Waals surface area (Å²) in [6.07, 6.45) is 1.42. The summed E-state index contributed by atoms with van der Waals surface area (Å²) in [6, 6.07) is 13.4. The number of nitrogens with zero attached hydrogens (tertiary/aromatic N) is 2. The minimum Gasteiger partial charge on any atom is -0.618 e. The number of Topliss-reactive ketones (excluding diaryl/α,β-unsaturated/α-hetero) is 1. The average molecular weight is 370 g/mol. The van der Waals surface area contributed by atoms with Gasteiger partial charge in [-0.05, 0) is 55.4 Å². The molecule has 134 valence electrons. The van der Waals surface area contributed by atoms with E-state index in [2.05, 4.69) is 0 Å². The molecule has 4 nitrogen and oxygen atoms in total. The summed E-state index contributed by atoms with van der Waals surface area (Å²) < 4.78 is 15.9. The highest BCUT2D eigenvalue weighted by Crippen LogP contribution is 2.21. The fraction of sp³-hybridized carbons (Fsp3) is 0.200. The molecule has 0 unspecified atom stereocenters. The second kappa shape index (κ2) is 7.74. The summed E-state index contributed by atoms with van der Waals surface area (Å²) in [7, 11) is 0. The number of carbonyl (C=O) groups is 1. The molecule has 0 saturated carbocycles. The van der Waals surface area contributed by atoms with Gasteiger partial charge in [-0.2, -0.15) is 4.73 Å². The zero-order valence-corrected chi connectivity index (χ0v) is 15.4. The number of aryl methyl sites for hydroxylation is 1. The number of halogens is 1. The number of aromatic nitrogens is 2. The van der Waals surface area contributed by atoms with Crippen molar-refractivity contribution in [2.24, 2.45) is 0 Å². The highest BCUT2D eigenvalue weighted by molar-refractivity contribution is 7.99. The molecule has 0 aliphatic carbocycles. The van der Waals surface area contributed by atoms with Crippen LogP contribution in [0, 0.1) is 24.9 Å². The number of pyridine rings is 1. The van der Waals surface area contributed by atoms with Crippen molar-refractivity contribution in [1.29, 1.82) is 0 Å². The van der Waals surface area contributed by atoms with Gasteiger partial charge in [0.15, 0.2) is 12.0 Å². The number of hydrogen-bond acceptors (Lipinski definition) is 3. The molecule has 0 spiro atoms. The lowest BCUT2D eigenvalue weighted by molar-refractivity contribution is -0.645. The van der Waals surface area contributed by atoms with E-state index in [4.69, 9.17) is 0 Å². The highest BCUT2D eigenvalue weighted by Gasteiger charge is 2.17. The van der Waals surface area contributed by atoms with E-state index in [9.17, 15) is 14.4 Å². The van der Waals surface area contributed by atoms with Gasteiger partial charge in [0.1, 0.15) is 5.82 Å². The molecule has 0 amide bonds. The molecule has 0 N–H and O–H groups in total. The molecule has 0 saturated heterocycles. The van der Waals surface area contributed by atoms with Gasteiger partial charge in [0, 0.05) is 35.6 Å². The Balaban J connectivity index is 1.75. The van der Waals surface area contributed by atoms with E-state index in [0.717, 1.165) is 21.7 Å². The van der Waals surface area contributed by atoms with Crippen LogP contribution in [0.4, 0.5) is 4.39 Å². The summed E-state index contributed by atoms with van der Waals surface area (Å²) in [4.78, 5) is 12.6. The van der Waals surface area contributed by atoms with Gasteiger partial charge in [-0.15, -0.1) is 0 Å². The Hall–Kier alpha value is -2.60. The Morgan fingerprint density at radius 2 is 1.92 bits per heavy atom. The van der Waals surface area contributed by atoms with E-state index in [1.807, 2.05) is 24.5 Å². The predicted octanol–water partition coefficient (Wildman–Crippen LogP) is 3.90.